The van der Waals surface area contributed by atoms with Crippen LogP contribution in [-0.4, -0.2) is 17.8 Å². The van der Waals surface area contributed by atoms with Gasteiger partial charge in [-0.2, -0.15) is 0 Å². The minimum atomic E-state index is -0.0896. The zero-order valence-electron chi connectivity index (χ0n) is 9.60. The van der Waals surface area contributed by atoms with E-state index in [9.17, 15) is 4.79 Å². The van der Waals surface area contributed by atoms with Crippen LogP contribution in [0.5, 0.6) is 0 Å². The Morgan fingerprint density at radius 1 is 1.53 bits per heavy atom. The van der Waals surface area contributed by atoms with E-state index in [1.807, 2.05) is 0 Å². The van der Waals surface area contributed by atoms with Gasteiger partial charge in [0.25, 0.3) is 5.91 Å². The maximum atomic E-state index is 11.9. The van der Waals surface area contributed by atoms with Crippen molar-refractivity contribution in [1.29, 1.82) is 0 Å². The van der Waals surface area contributed by atoms with Gasteiger partial charge in [0.1, 0.15) is 0 Å². The quantitative estimate of drug-likeness (QED) is 0.712. The van der Waals surface area contributed by atoms with E-state index in [1.165, 1.54) is 11.3 Å². The topological polar surface area (TPSA) is 29.1 Å². The number of carbonyl (C=O) groups is 1. The molecular weight excluding hydrogens is 389 g/mol. The van der Waals surface area contributed by atoms with E-state index in [1.54, 1.807) is 6.07 Å². The highest BCUT2D eigenvalue weighted by Gasteiger charge is 2.15. The van der Waals surface area contributed by atoms with Gasteiger partial charge in [-0.3, -0.25) is 4.79 Å². The summed E-state index contributed by atoms with van der Waals surface area (Å²) in [6, 6.07) is 1.80. The minimum absolute atomic E-state index is 0.0141. The van der Waals surface area contributed by atoms with Gasteiger partial charge in [-0.1, -0.05) is 13.8 Å². The average molecular weight is 404 g/mol. The van der Waals surface area contributed by atoms with Crippen molar-refractivity contribution in [3.05, 3.63) is 19.2 Å². The Balaban J connectivity index is 2.47. The van der Waals surface area contributed by atoms with E-state index < -0.39 is 0 Å². The Morgan fingerprint density at radius 3 is 2.65 bits per heavy atom. The summed E-state index contributed by atoms with van der Waals surface area (Å²) in [5, 5.41) is 2.83. The fourth-order valence-electron chi connectivity index (χ4n) is 1.39. The number of carbonyl (C=O) groups excluding carboxylic acids is 1. The molecule has 0 aliphatic carbocycles. The molecule has 6 heteroatoms. The molecule has 1 unspecified atom stereocenters. The molecule has 0 saturated carbocycles. The first-order chi connectivity index (χ1) is 7.90. The summed E-state index contributed by atoms with van der Waals surface area (Å²) >= 11 is 14.3. The molecule has 0 aliphatic heterocycles. The van der Waals surface area contributed by atoms with Gasteiger partial charge in [0.15, 0.2) is 0 Å². The summed E-state index contributed by atoms with van der Waals surface area (Å²) in [7, 11) is 0. The second kappa shape index (κ2) is 7.12. The molecule has 1 rings (SSSR count). The lowest BCUT2D eigenvalue weighted by molar-refractivity contribution is 0.0952. The van der Waals surface area contributed by atoms with Crippen LogP contribution in [-0.2, 0) is 0 Å². The van der Waals surface area contributed by atoms with Crippen LogP contribution in [0.3, 0.4) is 0 Å². The van der Waals surface area contributed by atoms with Crippen LogP contribution in [0.15, 0.2) is 13.6 Å². The molecule has 0 aliphatic rings. The summed E-state index contributed by atoms with van der Waals surface area (Å²) in [4.78, 5) is 11.9. The molecule has 0 radical (unpaired) electrons. The van der Waals surface area contributed by atoms with Gasteiger partial charge in [-0.15, -0.1) is 22.9 Å². The molecule has 0 spiro atoms. The minimum Gasteiger partial charge on any atom is -0.350 e. The first kappa shape index (κ1) is 15.5. The predicted octanol–water partition coefficient (Wildman–Crippen LogP) is 4.66. The van der Waals surface area contributed by atoms with Crippen LogP contribution in [0.25, 0.3) is 0 Å². The Bertz CT molecular complexity index is 395. The Morgan fingerprint density at radius 2 is 2.18 bits per heavy atom. The summed E-state index contributed by atoms with van der Waals surface area (Å²) in [5.74, 6) is 0.449. The van der Waals surface area contributed by atoms with Gasteiger partial charge in [0.05, 0.1) is 18.5 Å². The van der Waals surface area contributed by atoms with Crippen molar-refractivity contribution in [2.24, 2.45) is 5.92 Å². The van der Waals surface area contributed by atoms with Gasteiger partial charge in [0.2, 0.25) is 0 Å². The van der Waals surface area contributed by atoms with Crippen molar-refractivity contribution in [3.8, 4) is 0 Å². The first-order valence-corrected chi connectivity index (χ1v) is 8.11. The summed E-state index contributed by atoms with van der Waals surface area (Å²) in [6.07, 6.45) is 0.899. The summed E-state index contributed by atoms with van der Waals surface area (Å²) in [5.41, 5.74) is 0.648. The van der Waals surface area contributed by atoms with Crippen LogP contribution in [0, 0.1) is 5.92 Å². The van der Waals surface area contributed by atoms with Gasteiger partial charge in [0, 0.05) is 6.54 Å². The number of hydrogen-bond acceptors (Lipinski definition) is 2. The van der Waals surface area contributed by atoms with E-state index in [0.717, 1.165) is 14.0 Å². The van der Waals surface area contributed by atoms with Crippen molar-refractivity contribution in [1.82, 2.24) is 5.32 Å². The standard InChI is InChI=1S/C11H14Br2ClNOS/c1-6(2)3-7(14)5-15-11(16)8-4-9(12)17-10(8)13/h4,6-7H,3,5H2,1-2H3,(H,15,16). The van der Waals surface area contributed by atoms with E-state index in [0.29, 0.717) is 18.0 Å². The summed E-state index contributed by atoms with van der Waals surface area (Å²) < 4.78 is 1.76. The fourth-order valence-corrected chi connectivity index (χ4v) is 4.62. The molecule has 0 bridgehead atoms. The van der Waals surface area contributed by atoms with Crippen molar-refractivity contribution < 1.29 is 4.79 Å². The lowest BCUT2D eigenvalue weighted by atomic mass is 10.1. The van der Waals surface area contributed by atoms with Gasteiger partial charge in [-0.25, -0.2) is 0 Å². The van der Waals surface area contributed by atoms with Gasteiger partial charge < -0.3 is 5.32 Å². The van der Waals surface area contributed by atoms with Crippen LogP contribution in [0.4, 0.5) is 0 Å². The molecule has 1 heterocycles. The van der Waals surface area contributed by atoms with Crippen LogP contribution in [0.1, 0.15) is 30.6 Å². The normalized spacial score (nSPS) is 12.8. The lowest BCUT2D eigenvalue weighted by Gasteiger charge is -2.12. The predicted molar refractivity (Wildman–Crippen MR) is 81.1 cm³/mol. The molecule has 1 N–H and O–H groups in total. The van der Waals surface area contributed by atoms with Gasteiger partial charge >= 0.3 is 0 Å². The number of halogens is 3. The Labute approximate surface area is 127 Å². The third-order valence-corrected chi connectivity index (χ3v) is 4.78. The second-order valence-electron chi connectivity index (χ2n) is 4.17. The number of amides is 1. The van der Waals surface area contributed by atoms with E-state index >= 15 is 0 Å². The van der Waals surface area contributed by atoms with Crippen molar-refractivity contribution in [3.63, 3.8) is 0 Å². The number of hydrogen-bond donors (Lipinski definition) is 1. The largest absolute Gasteiger partial charge is 0.350 e. The molecule has 2 nitrogen and oxygen atoms in total. The maximum absolute atomic E-state index is 11.9. The molecule has 1 atom stereocenters. The molecule has 17 heavy (non-hydrogen) atoms. The van der Waals surface area contributed by atoms with Crippen molar-refractivity contribution >= 4 is 60.7 Å². The highest BCUT2D eigenvalue weighted by molar-refractivity contribution is 9.12. The van der Waals surface area contributed by atoms with Crippen LogP contribution < -0.4 is 5.32 Å². The molecule has 1 amide bonds. The van der Waals surface area contributed by atoms with Crippen molar-refractivity contribution in [2.45, 2.75) is 25.6 Å². The first-order valence-electron chi connectivity index (χ1n) is 5.27. The van der Waals surface area contributed by atoms with E-state index in [2.05, 4.69) is 51.0 Å². The number of rotatable bonds is 5. The SMILES string of the molecule is CC(C)CC(Cl)CNC(=O)c1cc(Br)sc1Br. The van der Waals surface area contributed by atoms with Crippen molar-refractivity contribution in [2.75, 3.05) is 6.54 Å². The Hall–Kier alpha value is 0.420. The number of thiophene rings is 1. The molecule has 1 aromatic rings. The number of nitrogens with one attached hydrogen (secondary N) is 1. The number of alkyl halides is 1. The third kappa shape index (κ3) is 5.28. The van der Waals surface area contributed by atoms with E-state index in [-0.39, 0.29) is 11.3 Å². The zero-order valence-corrected chi connectivity index (χ0v) is 14.3. The zero-order chi connectivity index (χ0) is 13.0. The fraction of sp³-hybridized carbons (Fsp3) is 0.545. The lowest BCUT2D eigenvalue weighted by Crippen LogP contribution is -2.30. The van der Waals surface area contributed by atoms with Crippen LogP contribution in [0.2, 0.25) is 0 Å². The Kier molecular flexibility index (Phi) is 6.48. The average Bonchev–Trinajstić information content (AvgIpc) is 2.53. The third-order valence-electron chi connectivity index (χ3n) is 2.11. The van der Waals surface area contributed by atoms with Crippen LogP contribution >= 0.6 is 54.8 Å². The highest BCUT2D eigenvalue weighted by atomic mass is 79.9. The smallest absolute Gasteiger partial charge is 0.253 e. The van der Waals surface area contributed by atoms with Gasteiger partial charge in [-0.05, 0) is 50.3 Å². The van der Waals surface area contributed by atoms with E-state index in [4.69, 9.17) is 11.6 Å². The maximum Gasteiger partial charge on any atom is 0.253 e. The summed E-state index contributed by atoms with van der Waals surface area (Å²) in [6.45, 7) is 4.73. The molecular formula is C11H14Br2ClNOS. The molecule has 0 fully saturated rings. The molecule has 0 saturated heterocycles. The molecule has 0 aromatic carbocycles. The monoisotopic (exact) mass is 401 g/mol. The highest BCUT2D eigenvalue weighted by Crippen LogP contribution is 2.31. The molecule has 96 valence electrons. The molecule has 1 aromatic heterocycles. The second-order valence-corrected chi connectivity index (χ2v) is 8.54.